The van der Waals surface area contributed by atoms with Crippen molar-refractivity contribution in [3.63, 3.8) is 0 Å². The van der Waals surface area contributed by atoms with Crippen molar-refractivity contribution in [1.29, 1.82) is 0 Å². The largest absolute Gasteiger partial charge is 0.326 e. The molecule has 0 saturated carbocycles. The third kappa shape index (κ3) is 3.68. The number of carbonyl (C=O) groups excluding carboxylic acids is 2. The predicted molar refractivity (Wildman–Crippen MR) is 79.9 cm³/mol. The Bertz CT molecular complexity index is 633. The van der Waals surface area contributed by atoms with Crippen LogP contribution >= 0.6 is 0 Å². The van der Waals surface area contributed by atoms with Crippen molar-refractivity contribution in [2.24, 2.45) is 0 Å². The zero-order chi connectivity index (χ0) is 14.5. The van der Waals surface area contributed by atoms with Crippen LogP contribution in [0.25, 0.3) is 0 Å². The first kappa shape index (κ1) is 13.8. The first-order valence-corrected chi connectivity index (χ1v) is 6.30. The van der Waals surface area contributed by atoms with Crippen LogP contribution in [0.1, 0.15) is 22.8 Å². The van der Waals surface area contributed by atoms with E-state index in [1.165, 1.54) is 6.92 Å². The maximum Gasteiger partial charge on any atom is 0.255 e. The summed E-state index contributed by atoms with van der Waals surface area (Å²) in [6.07, 6.45) is 0. The molecule has 102 valence electrons. The first-order valence-electron chi connectivity index (χ1n) is 6.30. The molecule has 0 unspecified atom stereocenters. The Morgan fingerprint density at radius 2 is 1.60 bits per heavy atom. The third-order valence-corrected chi connectivity index (χ3v) is 2.74. The SMILES string of the molecule is CC(=O)Nc1ccc(C(=O)Nc2cccc(C)c2)cc1. The Kier molecular flexibility index (Phi) is 4.15. The topological polar surface area (TPSA) is 58.2 Å². The summed E-state index contributed by atoms with van der Waals surface area (Å²) >= 11 is 0. The average molecular weight is 268 g/mol. The molecule has 4 heteroatoms. The fourth-order valence-corrected chi connectivity index (χ4v) is 1.83. The molecule has 4 nitrogen and oxygen atoms in total. The summed E-state index contributed by atoms with van der Waals surface area (Å²) in [6, 6.07) is 14.4. The van der Waals surface area contributed by atoms with E-state index in [1.807, 2.05) is 31.2 Å². The first-order chi connectivity index (χ1) is 9.54. The Morgan fingerprint density at radius 3 is 2.20 bits per heavy atom. The highest BCUT2D eigenvalue weighted by Crippen LogP contribution is 2.13. The highest BCUT2D eigenvalue weighted by atomic mass is 16.2. The van der Waals surface area contributed by atoms with Crippen LogP contribution < -0.4 is 10.6 Å². The molecular formula is C16H16N2O2. The van der Waals surface area contributed by atoms with E-state index in [1.54, 1.807) is 24.3 Å². The minimum absolute atomic E-state index is 0.137. The molecule has 20 heavy (non-hydrogen) atoms. The van der Waals surface area contributed by atoms with E-state index in [9.17, 15) is 9.59 Å². The standard InChI is InChI=1S/C16H16N2O2/c1-11-4-3-5-15(10-11)18-16(20)13-6-8-14(9-7-13)17-12(2)19/h3-10H,1-2H3,(H,17,19)(H,18,20). The molecule has 0 fully saturated rings. The molecule has 0 atom stereocenters. The molecule has 0 aromatic heterocycles. The van der Waals surface area contributed by atoms with Gasteiger partial charge in [-0.25, -0.2) is 0 Å². The molecule has 0 heterocycles. The van der Waals surface area contributed by atoms with Gasteiger partial charge in [0.15, 0.2) is 0 Å². The predicted octanol–water partition coefficient (Wildman–Crippen LogP) is 3.21. The molecule has 2 N–H and O–H groups in total. The van der Waals surface area contributed by atoms with Gasteiger partial charge in [0.2, 0.25) is 5.91 Å². The number of aryl methyl sites for hydroxylation is 1. The highest BCUT2D eigenvalue weighted by molar-refractivity contribution is 6.04. The normalized spacial score (nSPS) is 9.90. The van der Waals surface area contributed by atoms with Crippen LogP contribution in [0.2, 0.25) is 0 Å². The molecule has 2 aromatic carbocycles. The van der Waals surface area contributed by atoms with Crippen molar-refractivity contribution in [3.05, 3.63) is 59.7 Å². The van der Waals surface area contributed by atoms with Crippen molar-refractivity contribution in [2.75, 3.05) is 10.6 Å². The molecule has 2 rings (SSSR count). The minimum atomic E-state index is -0.176. The Labute approximate surface area is 117 Å². The lowest BCUT2D eigenvalue weighted by Crippen LogP contribution is -2.12. The summed E-state index contributed by atoms with van der Waals surface area (Å²) in [4.78, 5) is 23.0. The Hall–Kier alpha value is -2.62. The number of rotatable bonds is 3. The minimum Gasteiger partial charge on any atom is -0.326 e. The second-order valence-electron chi connectivity index (χ2n) is 4.58. The lowest BCUT2D eigenvalue weighted by molar-refractivity contribution is -0.114. The monoisotopic (exact) mass is 268 g/mol. The molecule has 0 spiro atoms. The number of nitrogens with one attached hydrogen (secondary N) is 2. The summed E-state index contributed by atoms with van der Waals surface area (Å²) in [7, 11) is 0. The van der Waals surface area contributed by atoms with Crippen molar-refractivity contribution < 1.29 is 9.59 Å². The van der Waals surface area contributed by atoms with E-state index >= 15 is 0 Å². The molecule has 2 aromatic rings. The molecule has 0 bridgehead atoms. The van der Waals surface area contributed by atoms with Crippen LogP contribution in [0, 0.1) is 6.92 Å². The van der Waals surface area contributed by atoms with E-state index in [0.29, 0.717) is 11.3 Å². The van der Waals surface area contributed by atoms with Gasteiger partial charge in [-0.05, 0) is 48.9 Å². The van der Waals surface area contributed by atoms with Crippen LogP contribution in [0.3, 0.4) is 0 Å². The number of hydrogen-bond acceptors (Lipinski definition) is 2. The molecule has 0 aliphatic rings. The van der Waals surface area contributed by atoms with E-state index in [4.69, 9.17) is 0 Å². The summed E-state index contributed by atoms with van der Waals surface area (Å²) in [5.74, 6) is -0.313. The second-order valence-corrected chi connectivity index (χ2v) is 4.58. The zero-order valence-electron chi connectivity index (χ0n) is 11.4. The van der Waals surface area contributed by atoms with E-state index in [-0.39, 0.29) is 11.8 Å². The van der Waals surface area contributed by atoms with Gasteiger partial charge in [-0.2, -0.15) is 0 Å². The fourth-order valence-electron chi connectivity index (χ4n) is 1.83. The van der Waals surface area contributed by atoms with Crippen LogP contribution in [0.5, 0.6) is 0 Å². The third-order valence-electron chi connectivity index (χ3n) is 2.74. The van der Waals surface area contributed by atoms with Gasteiger partial charge in [-0.3, -0.25) is 9.59 Å². The average Bonchev–Trinajstić information content (AvgIpc) is 2.38. The lowest BCUT2D eigenvalue weighted by Gasteiger charge is -2.07. The molecular weight excluding hydrogens is 252 g/mol. The number of anilines is 2. The van der Waals surface area contributed by atoms with Crippen LogP contribution in [0.4, 0.5) is 11.4 Å². The van der Waals surface area contributed by atoms with Crippen LogP contribution in [0.15, 0.2) is 48.5 Å². The van der Waals surface area contributed by atoms with Crippen molar-refractivity contribution >= 4 is 23.2 Å². The second kappa shape index (κ2) is 6.02. The maximum atomic E-state index is 12.1. The number of amides is 2. The smallest absolute Gasteiger partial charge is 0.255 e. The fraction of sp³-hybridized carbons (Fsp3) is 0.125. The molecule has 2 amide bonds. The van der Waals surface area contributed by atoms with E-state index in [2.05, 4.69) is 10.6 Å². The zero-order valence-corrected chi connectivity index (χ0v) is 11.4. The maximum absolute atomic E-state index is 12.1. The van der Waals surface area contributed by atoms with Gasteiger partial charge in [0, 0.05) is 23.9 Å². The molecule has 0 saturated heterocycles. The van der Waals surface area contributed by atoms with Gasteiger partial charge >= 0.3 is 0 Å². The summed E-state index contributed by atoms with van der Waals surface area (Å²) in [6.45, 7) is 3.41. The Balaban J connectivity index is 2.07. The van der Waals surface area contributed by atoms with Gasteiger partial charge in [0.25, 0.3) is 5.91 Å². The number of benzene rings is 2. The van der Waals surface area contributed by atoms with Gasteiger partial charge in [-0.1, -0.05) is 12.1 Å². The van der Waals surface area contributed by atoms with Crippen molar-refractivity contribution in [1.82, 2.24) is 0 Å². The van der Waals surface area contributed by atoms with Crippen molar-refractivity contribution in [2.45, 2.75) is 13.8 Å². The number of carbonyl (C=O) groups is 2. The highest BCUT2D eigenvalue weighted by Gasteiger charge is 2.06. The summed E-state index contributed by atoms with van der Waals surface area (Å²) in [5.41, 5.74) is 3.06. The summed E-state index contributed by atoms with van der Waals surface area (Å²) in [5, 5.41) is 5.49. The number of hydrogen-bond donors (Lipinski definition) is 2. The molecule has 0 aliphatic carbocycles. The van der Waals surface area contributed by atoms with E-state index in [0.717, 1.165) is 11.3 Å². The van der Waals surface area contributed by atoms with Crippen LogP contribution in [-0.4, -0.2) is 11.8 Å². The van der Waals surface area contributed by atoms with Gasteiger partial charge < -0.3 is 10.6 Å². The van der Waals surface area contributed by atoms with E-state index < -0.39 is 0 Å². The van der Waals surface area contributed by atoms with Gasteiger partial charge in [0.05, 0.1) is 0 Å². The molecule has 0 aliphatic heterocycles. The van der Waals surface area contributed by atoms with Crippen LogP contribution in [-0.2, 0) is 4.79 Å². The molecule has 0 radical (unpaired) electrons. The lowest BCUT2D eigenvalue weighted by atomic mass is 10.1. The quantitative estimate of drug-likeness (QED) is 0.898. The van der Waals surface area contributed by atoms with Gasteiger partial charge in [-0.15, -0.1) is 0 Å². The van der Waals surface area contributed by atoms with Gasteiger partial charge in [0.1, 0.15) is 0 Å². The Morgan fingerprint density at radius 1 is 0.900 bits per heavy atom. The van der Waals surface area contributed by atoms with Crippen molar-refractivity contribution in [3.8, 4) is 0 Å². The summed E-state index contributed by atoms with van der Waals surface area (Å²) < 4.78 is 0.